The summed E-state index contributed by atoms with van der Waals surface area (Å²) in [6, 6.07) is 14.3. The smallest absolute Gasteiger partial charge is 0.245 e. The minimum absolute atomic E-state index is 0.194. The average Bonchev–Trinajstić information content (AvgIpc) is 2.65. The van der Waals surface area contributed by atoms with Gasteiger partial charge in [-0.05, 0) is 36.2 Å². The second-order valence-corrected chi connectivity index (χ2v) is 6.29. The molecule has 1 amide bonds. The van der Waals surface area contributed by atoms with Gasteiger partial charge in [-0.1, -0.05) is 30.3 Å². The van der Waals surface area contributed by atoms with Crippen LogP contribution in [0.4, 0.5) is 5.69 Å². The summed E-state index contributed by atoms with van der Waals surface area (Å²) in [6.45, 7) is 3.46. The van der Waals surface area contributed by atoms with Crippen molar-refractivity contribution in [1.29, 1.82) is 0 Å². The third kappa shape index (κ3) is 4.59. The lowest BCUT2D eigenvalue weighted by Gasteiger charge is -2.24. The first-order valence-electron chi connectivity index (χ1n) is 8.60. The number of anilines is 1. The van der Waals surface area contributed by atoms with E-state index in [-0.39, 0.29) is 12.0 Å². The van der Waals surface area contributed by atoms with Crippen LogP contribution in [0.1, 0.15) is 30.0 Å². The third-order valence-corrected chi connectivity index (χ3v) is 4.35. The molecule has 1 saturated heterocycles. The second-order valence-electron chi connectivity index (χ2n) is 6.29. The van der Waals surface area contributed by atoms with Crippen LogP contribution in [0.25, 0.3) is 0 Å². The van der Waals surface area contributed by atoms with Crippen LogP contribution in [0, 0.1) is 6.92 Å². The van der Waals surface area contributed by atoms with E-state index in [9.17, 15) is 4.79 Å². The Morgan fingerprint density at radius 3 is 2.60 bits per heavy atom. The number of benzene rings is 2. The number of hydrogen-bond acceptors (Lipinski definition) is 4. The predicted octanol–water partition coefficient (Wildman–Crippen LogP) is 3.19. The largest absolute Gasteiger partial charge is 0.490 e. The minimum Gasteiger partial charge on any atom is -0.490 e. The summed E-state index contributed by atoms with van der Waals surface area (Å²) in [6.07, 6.45) is 2.01. The van der Waals surface area contributed by atoms with Crippen LogP contribution in [0.2, 0.25) is 0 Å². The number of amides is 1. The Hall–Kier alpha value is -2.37. The van der Waals surface area contributed by atoms with E-state index in [1.807, 2.05) is 55.5 Å². The first kappa shape index (κ1) is 17.5. The molecule has 2 aromatic carbocycles. The van der Waals surface area contributed by atoms with E-state index in [2.05, 4.69) is 5.32 Å². The van der Waals surface area contributed by atoms with Crippen molar-refractivity contribution >= 4 is 11.6 Å². The molecule has 3 N–H and O–H groups in total. The zero-order valence-corrected chi connectivity index (χ0v) is 14.4. The van der Waals surface area contributed by atoms with Crippen molar-refractivity contribution in [2.75, 3.05) is 18.5 Å². The Morgan fingerprint density at radius 1 is 1.20 bits per heavy atom. The molecule has 1 atom stereocenters. The molecule has 0 aliphatic carbocycles. The van der Waals surface area contributed by atoms with E-state index < -0.39 is 6.04 Å². The molecule has 1 aliphatic heterocycles. The molecular weight excluding hydrogens is 316 g/mol. The van der Waals surface area contributed by atoms with Crippen LogP contribution in [0.3, 0.4) is 0 Å². The minimum atomic E-state index is -0.695. The average molecular weight is 340 g/mol. The lowest BCUT2D eigenvalue weighted by molar-refractivity contribution is -0.117. The molecule has 0 saturated carbocycles. The van der Waals surface area contributed by atoms with Crippen LogP contribution < -0.4 is 15.8 Å². The molecule has 25 heavy (non-hydrogen) atoms. The van der Waals surface area contributed by atoms with Crippen molar-refractivity contribution in [3.05, 3.63) is 59.7 Å². The van der Waals surface area contributed by atoms with Gasteiger partial charge in [0.05, 0.1) is 13.2 Å². The molecule has 1 heterocycles. The summed E-state index contributed by atoms with van der Waals surface area (Å²) < 4.78 is 11.4. The van der Waals surface area contributed by atoms with Crippen LogP contribution in [0.5, 0.6) is 5.75 Å². The van der Waals surface area contributed by atoms with Gasteiger partial charge in [-0.2, -0.15) is 0 Å². The molecule has 0 radical (unpaired) electrons. The summed E-state index contributed by atoms with van der Waals surface area (Å²) in [5, 5.41) is 2.87. The first-order valence-corrected chi connectivity index (χ1v) is 8.60. The lowest BCUT2D eigenvalue weighted by atomic mass is 10.1. The van der Waals surface area contributed by atoms with E-state index in [1.54, 1.807) is 0 Å². The molecular formula is C20H24N2O3. The number of carbonyl (C=O) groups is 1. The molecule has 0 spiro atoms. The summed E-state index contributed by atoms with van der Waals surface area (Å²) >= 11 is 0. The topological polar surface area (TPSA) is 73.6 Å². The Balaban J connectivity index is 1.63. The van der Waals surface area contributed by atoms with E-state index >= 15 is 0 Å². The highest BCUT2D eigenvalue weighted by atomic mass is 16.5. The fraction of sp³-hybridized carbons (Fsp3) is 0.350. The van der Waals surface area contributed by atoms with Crippen LogP contribution >= 0.6 is 0 Å². The van der Waals surface area contributed by atoms with Gasteiger partial charge in [-0.3, -0.25) is 4.79 Å². The van der Waals surface area contributed by atoms with Gasteiger partial charge in [0, 0.05) is 18.5 Å². The quantitative estimate of drug-likeness (QED) is 0.877. The molecule has 1 fully saturated rings. The Labute approximate surface area is 148 Å². The van der Waals surface area contributed by atoms with Gasteiger partial charge in [0.15, 0.2) is 0 Å². The lowest BCUT2D eigenvalue weighted by Crippen LogP contribution is -2.28. The van der Waals surface area contributed by atoms with Crippen LogP contribution in [-0.4, -0.2) is 25.2 Å². The molecule has 0 bridgehead atoms. The maximum absolute atomic E-state index is 12.3. The standard InChI is InChI=1S/C20H24N2O3/c1-14-13-16(7-8-18(14)25-17-9-11-24-12-10-17)22-20(23)19(21)15-5-3-2-4-6-15/h2-8,13,17,19H,9-12,21H2,1H3,(H,22,23). The van der Waals surface area contributed by atoms with Crippen molar-refractivity contribution in [2.24, 2.45) is 5.73 Å². The normalized spacial score (nSPS) is 16.2. The van der Waals surface area contributed by atoms with Crippen molar-refractivity contribution in [3.8, 4) is 5.75 Å². The van der Waals surface area contributed by atoms with Crippen molar-refractivity contribution in [2.45, 2.75) is 31.9 Å². The highest BCUT2D eigenvalue weighted by Crippen LogP contribution is 2.25. The second kappa shape index (κ2) is 8.14. The number of nitrogens with one attached hydrogen (secondary N) is 1. The molecule has 3 rings (SSSR count). The number of ether oxygens (including phenoxy) is 2. The molecule has 1 unspecified atom stereocenters. The summed E-state index contributed by atoms with van der Waals surface area (Å²) in [5.41, 5.74) is 8.52. The van der Waals surface area contributed by atoms with Crippen LogP contribution in [0.15, 0.2) is 48.5 Å². The SMILES string of the molecule is Cc1cc(NC(=O)C(N)c2ccccc2)ccc1OC1CCOCC1. The number of rotatable bonds is 5. The van der Waals surface area contributed by atoms with Gasteiger partial charge in [0.25, 0.3) is 0 Å². The van der Waals surface area contributed by atoms with E-state index in [0.29, 0.717) is 5.69 Å². The Morgan fingerprint density at radius 2 is 1.92 bits per heavy atom. The molecule has 5 nitrogen and oxygen atoms in total. The molecule has 132 valence electrons. The number of carbonyl (C=O) groups excluding carboxylic acids is 1. The fourth-order valence-electron chi connectivity index (χ4n) is 2.86. The number of nitrogens with two attached hydrogens (primary N) is 1. The highest BCUT2D eigenvalue weighted by molar-refractivity contribution is 5.95. The first-order chi connectivity index (χ1) is 12.1. The van der Waals surface area contributed by atoms with Gasteiger partial charge in [0.1, 0.15) is 17.9 Å². The highest BCUT2D eigenvalue weighted by Gasteiger charge is 2.18. The summed E-state index contributed by atoms with van der Waals surface area (Å²) in [7, 11) is 0. The van der Waals surface area contributed by atoms with Crippen molar-refractivity contribution in [1.82, 2.24) is 0 Å². The van der Waals surface area contributed by atoms with Crippen LogP contribution in [-0.2, 0) is 9.53 Å². The van der Waals surface area contributed by atoms with E-state index in [1.165, 1.54) is 0 Å². The predicted molar refractivity (Wildman–Crippen MR) is 97.6 cm³/mol. The van der Waals surface area contributed by atoms with Gasteiger partial charge in [-0.15, -0.1) is 0 Å². The number of hydrogen-bond donors (Lipinski definition) is 2. The number of aryl methyl sites for hydroxylation is 1. The fourth-order valence-corrected chi connectivity index (χ4v) is 2.86. The Bertz CT molecular complexity index is 712. The molecule has 5 heteroatoms. The Kier molecular flexibility index (Phi) is 5.68. The van der Waals surface area contributed by atoms with Gasteiger partial charge in [-0.25, -0.2) is 0 Å². The maximum Gasteiger partial charge on any atom is 0.245 e. The monoisotopic (exact) mass is 340 g/mol. The zero-order chi connectivity index (χ0) is 17.6. The van der Waals surface area contributed by atoms with Gasteiger partial charge < -0.3 is 20.5 Å². The summed E-state index contributed by atoms with van der Waals surface area (Å²) in [4.78, 5) is 12.3. The third-order valence-electron chi connectivity index (χ3n) is 4.35. The van der Waals surface area contributed by atoms with E-state index in [0.717, 1.165) is 42.9 Å². The molecule has 1 aliphatic rings. The molecule has 2 aromatic rings. The molecule has 0 aromatic heterocycles. The maximum atomic E-state index is 12.3. The van der Waals surface area contributed by atoms with Gasteiger partial charge >= 0.3 is 0 Å². The van der Waals surface area contributed by atoms with Crippen molar-refractivity contribution in [3.63, 3.8) is 0 Å². The van der Waals surface area contributed by atoms with Gasteiger partial charge in [0.2, 0.25) is 5.91 Å². The van der Waals surface area contributed by atoms with Crippen molar-refractivity contribution < 1.29 is 14.3 Å². The summed E-state index contributed by atoms with van der Waals surface area (Å²) in [5.74, 6) is 0.612. The van der Waals surface area contributed by atoms with E-state index in [4.69, 9.17) is 15.2 Å². The zero-order valence-electron chi connectivity index (χ0n) is 14.4.